The predicted octanol–water partition coefficient (Wildman–Crippen LogP) is -1.11. The molecule has 0 amide bonds. The van der Waals surface area contributed by atoms with Gasteiger partial charge in [0.05, 0.1) is 31.8 Å². The van der Waals surface area contributed by atoms with E-state index >= 15 is 0 Å². The molecule has 3 N–H and O–H groups in total. The number of aliphatic hydroxyl groups excluding tert-OH is 1. The number of nitrogens with zero attached hydrogens (tertiary/aromatic N) is 1. The number of aliphatic hydroxyl groups is 1. The highest BCUT2D eigenvalue weighted by Gasteiger charge is 2.62. The van der Waals surface area contributed by atoms with Crippen LogP contribution in [0.2, 0.25) is 0 Å². The molecule has 5 heteroatoms. The van der Waals surface area contributed by atoms with Gasteiger partial charge in [0.15, 0.2) is 5.67 Å². The van der Waals surface area contributed by atoms with Crippen molar-refractivity contribution in [3.63, 3.8) is 0 Å². The second kappa shape index (κ2) is 2.38. The topological polar surface area (TPSA) is 58.7 Å². The van der Waals surface area contributed by atoms with E-state index in [9.17, 15) is 4.39 Å². The van der Waals surface area contributed by atoms with E-state index in [1.165, 1.54) is 5.01 Å². The summed E-state index contributed by atoms with van der Waals surface area (Å²) >= 11 is 0. The Morgan fingerprint density at radius 2 is 2.17 bits per heavy atom. The van der Waals surface area contributed by atoms with Crippen LogP contribution in [0, 0.1) is 5.41 Å². The summed E-state index contributed by atoms with van der Waals surface area (Å²) < 4.78 is 18.9. The van der Waals surface area contributed by atoms with E-state index in [1.54, 1.807) is 0 Å². The zero-order chi connectivity index (χ0) is 8.82. The molecule has 1 atom stereocenters. The van der Waals surface area contributed by atoms with Crippen LogP contribution in [0.1, 0.15) is 0 Å². The fraction of sp³-hybridized carbons (Fsp3) is 1.00. The van der Waals surface area contributed by atoms with Gasteiger partial charge < -0.3 is 9.84 Å². The van der Waals surface area contributed by atoms with E-state index in [4.69, 9.17) is 15.7 Å². The standard InChI is InChI=1S/C7H13FN2O2/c8-7(3-11)2-10(9)1-6(7)4-12-5-6/h11H,1-5,9H2. The number of halogens is 1. The van der Waals surface area contributed by atoms with Crippen molar-refractivity contribution in [3.05, 3.63) is 0 Å². The first-order chi connectivity index (χ1) is 5.62. The molecule has 70 valence electrons. The molecule has 0 aromatic rings. The normalized spacial score (nSPS) is 40.2. The van der Waals surface area contributed by atoms with Crippen molar-refractivity contribution in [1.29, 1.82) is 0 Å². The SMILES string of the molecule is NN1CC(F)(CO)C2(COC2)C1. The van der Waals surface area contributed by atoms with Crippen LogP contribution in [0.3, 0.4) is 0 Å². The van der Waals surface area contributed by atoms with Crippen molar-refractivity contribution >= 4 is 0 Å². The Morgan fingerprint density at radius 3 is 2.50 bits per heavy atom. The lowest BCUT2D eigenvalue weighted by atomic mass is 9.74. The van der Waals surface area contributed by atoms with Crippen LogP contribution < -0.4 is 5.84 Å². The Kier molecular flexibility index (Phi) is 1.66. The summed E-state index contributed by atoms with van der Waals surface area (Å²) in [6.45, 7) is 0.858. The molecule has 0 saturated carbocycles. The van der Waals surface area contributed by atoms with Gasteiger partial charge in [-0.1, -0.05) is 0 Å². The van der Waals surface area contributed by atoms with E-state index in [-0.39, 0.29) is 6.54 Å². The highest BCUT2D eigenvalue weighted by atomic mass is 19.1. The van der Waals surface area contributed by atoms with E-state index in [2.05, 4.69) is 0 Å². The summed E-state index contributed by atoms with van der Waals surface area (Å²) in [4.78, 5) is 0. The van der Waals surface area contributed by atoms with Crippen molar-refractivity contribution in [2.75, 3.05) is 32.9 Å². The summed E-state index contributed by atoms with van der Waals surface area (Å²) in [7, 11) is 0. The Balaban J connectivity index is 2.21. The smallest absolute Gasteiger partial charge is 0.159 e. The number of ether oxygens (including phenoxy) is 1. The molecule has 1 unspecified atom stereocenters. The van der Waals surface area contributed by atoms with Gasteiger partial charge in [-0.15, -0.1) is 0 Å². The highest BCUT2D eigenvalue weighted by molar-refractivity contribution is 5.10. The van der Waals surface area contributed by atoms with Gasteiger partial charge in [0.25, 0.3) is 0 Å². The summed E-state index contributed by atoms with van der Waals surface area (Å²) in [5, 5.41) is 10.3. The maximum absolute atomic E-state index is 13.9. The maximum Gasteiger partial charge on any atom is 0.159 e. The van der Waals surface area contributed by atoms with Crippen molar-refractivity contribution in [2.24, 2.45) is 11.3 Å². The van der Waals surface area contributed by atoms with Gasteiger partial charge in [0.2, 0.25) is 0 Å². The molecule has 1 spiro atoms. The molecule has 2 aliphatic rings. The quantitative estimate of drug-likeness (QED) is 0.497. The van der Waals surface area contributed by atoms with Crippen molar-refractivity contribution in [2.45, 2.75) is 5.67 Å². The second-order valence-electron chi connectivity index (χ2n) is 3.80. The highest BCUT2D eigenvalue weighted by Crippen LogP contribution is 2.46. The van der Waals surface area contributed by atoms with Crippen molar-refractivity contribution in [3.8, 4) is 0 Å². The zero-order valence-electron chi connectivity index (χ0n) is 6.79. The summed E-state index contributed by atoms with van der Waals surface area (Å²) in [5.41, 5.74) is -2.11. The molecule has 0 aromatic heterocycles. The minimum Gasteiger partial charge on any atom is -0.393 e. The first-order valence-electron chi connectivity index (χ1n) is 3.99. The molecule has 0 radical (unpaired) electrons. The van der Waals surface area contributed by atoms with E-state index < -0.39 is 17.7 Å². The minimum atomic E-state index is -1.57. The van der Waals surface area contributed by atoms with Crippen LogP contribution >= 0.6 is 0 Å². The molecule has 0 bridgehead atoms. The Morgan fingerprint density at radius 1 is 1.50 bits per heavy atom. The monoisotopic (exact) mass is 176 g/mol. The molecule has 0 aromatic carbocycles. The number of alkyl halides is 1. The third kappa shape index (κ3) is 0.848. The lowest BCUT2D eigenvalue weighted by Gasteiger charge is -2.44. The number of rotatable bonds is 1. The molecular formula is C7H13FN2O2. The number of hydrogen-bond donors (Lipinski definition) is 2. The maximum atomic E-state index is 13.9. The van der Waals surface area contributed by atoms with Gasteiger partial charge >= 0.3 is 0 Å². The number of hydrogen-bond acceptors (Lipinski definition) is 4. The van der Waals surface area contributed by atoms with Crippen LogP contribution in [0.15, 0.2) is 0 Å². The Bertz CT molecular complexity index is 186. The molecule has 4 nitrogen and oxygen atoms in total. The van der Waals surface area contributed by atoms with Crippen LogP contribution in [-0.2, 0) is 4.74 Å². The van der Waals surface area contributed by atoms with Gasteiger partial charge in [-0.2, -0.15) is 0 Å². The Hall–Kier alpha value is -0.230. The number of nitrogens with two attached hydrogens (primary N) is 1. The van der Waals surface area contributed by atoms with Crippen LogP contribution in [0.4, 0.5) is 4.39 Å². The first-order valence-corrected chi connectivity index (χ1v) is 3.99. The molecule has 2 saturated heterocycles. The molecular weight excluding hydrogens is 163 g/mol. The number of hydrazine groups is 1. The summed E-state index contributed by atoms with van der Waals surface area (Å²) in [6.07, 6.45) is 0. The predicted molar refractivity (Wildman–Crippen MR) is 39.9 cm³/mol. The average molecular weight is 176 g/mol. The fourth-order valence-corrected chi connectivity index (χ4v) is 1.99. The van der Waals surface area contributed by atoms with Crippen molar-refractivity contribution in [1.82, 2.24) is 5.01 Å². The second-order valence-corrected chi connectivity index (χ2v) is 3.80. The van der Waals surface area contributed by atoms with Gasteiger partial charge in [0, 0.05) is 6.54 Å². The molecule has 12 heavy (non-hydrogen) atoms. The zero-order valence-corrected chi connectivity index (χ0v) is 6.79. The molecule has 2 aliphatic heterocycles. The third-order valence-electron chi connectivity index (χ3n) is 2.92. The Labute approximate surface area is 70.1 Å². The van der Waals surface area contributed by atoms with Gasteiger partial charge in [-0.05, 0) is 0 Å². The minimum absolute atomic E-state index is 0.104. The van der Waals surface area contributed by atoms with E-state index in [1.807, 2.05) is 0 Å². The third-order valence-corrected chi connectivity index (χ3v) is 2.92. The summed E-state index contributed by atoms with van der Waals surface area (Å²) in [6, 6.07) is 0. The van der Waals surface area contributed by atoms with E-state index in [0.29, 0.717) is 19.8 Å². The molecule has 2 fully saturated rings. The molecule has 2 heterocycles. The summed E-state index contributed by atoms with van der Waals surface area (Å²) in [5.74, 6) is 5.50. The van der Waals surface area contributed by atoms with Gasteiger partial charge in [-0.3, -0.25) is 5.84 Å². The van der Waals surface area contributed by atoms with Crippen molar-refractivity contribution < 1.29 is 14.2 Å². The van der Waals surface area contributed by atoms with Crippen LogP contribution in [0.5, 0.6) is 0 Å². The average Bonchev–Trinajstić information content (AvgIpc) is 2.22. The van der Waals surface area contributed by atoms with Crippen LogP contribution in [0.25, 0.3) is 0 Å². The van der Waals surface area contributed by atoms with Crippen LogP contribution in [-0.4, -0.2) is 48.7 Å². The molecule has 2 rings (SSSR count). The first kappa shape index (κ1) is 8.37. The van der Waals surface area contributed by atoms with Gasteiger partial charge in [-0.25, -0.2) is 9.40 Å². The lowest BCUT2D eigenvalue weighted by molar-refractivity contribution is -0.178. The lowest BCUT2D eigenvalue weighted by Crippen LogP contribution is -2.58. The van der Waals surface area contributed by atoms with E-state index in [0.717, 1.165) is 0 Å². The van der Waals surface area contributed by atoms with Gasteiger partial charge in [0.1, 0.15) is 0 Å². The molecule has 0 aliphatic carbocycles. The largest absolute Gasteiger partial charge is 0.393 e. The fourth-order valence-electron chi connectivity index (χ4n) is 1.99.